The Balaban J connectivity index is 2.13. The summed E-state index contributed by atoms with van der Waals surface area (Å²) in [5, 5.41) is 25.8. The number of hydrogen-bond donors (Lipinski definition) is 9. The van der Waals surface area contributed by atoms with Gasteiger partial charge in [0.1, 0.15) is 6.04 Å². The van der Waals surface area contributed by atoms with Gasteiger partial charge in [0.05, 0.1) is 42.8 Å². The molecule has 7 atom stereocenters. The highest BCUT2D eigenvalue weighted by Crippen LogP contribution is 2.27. The highest BCUT2D eigenvalue weighted by Gasteiger charge is 2.35. The fraction of sp³-hybridized carbons (Fsp3) is 0.600. The number of nitrogens with zero attached hydrogens (tertiary/aromatic N) is 1. The SMILES string of the molecule is CCC(=O)NCCCC[C@@H]1NC(=O)CSC[C@@H](C(C)=O)NC(=O)[C@H](Cc2ccccc2)CC(=O)[C@@H]2CSSC[C@H](NC1=O)C(=O)C[C@@H](CCCN=C(N)N)C(=O)NCC(=O)C[C@@H](CC(=O)O)C(=O)N2. The molecular formula is C45H65N9O12S3. The Hall–Kier alpha value is -5.49. The molecule has 2 bridgehead atoms. The molecule has 11 N–H and O–H groups in total. The third-order valence-electron chi connectivity index (χ3n) is 11.2. The van der Waals surface area contributed by atoms with Crippen molar-refractivity contribution < 1.29 is 57.8 Å². The molecule has 380 valence electrons. The fourth-order valence-corrected chi connectivity index (χ4v) is 10.7. The van der Waals surface area contributed by atoms with Crippen LogP contribution >= 0.6 is 33.3 Å². The fourth-order valence-electron chi connectivity index (χ4n) is 7.32. The van der Waals surface area contributed by atoms with E-state index in [1.165, 1.54) is 6.92 Å². The number of carbonyl (C=O) groups excluding carboxylic acids is 10. The van der Waals surface area contributed by atoms with Crippen LogP contribution in [0.3, 0.4) is 0 Å². The number of guanidine groups is 1. The van der Waals surface area contributed by atoms with Crippen molar-refractivity contribution >= 4 is 104 Å². The minimum absolute atomic E-state index is 0.0497. The third-order valence-corrected chi connectivity index (χ3v) is 14.7. The number of nitrogens with two attached hydrogens (primary N) is 2. The van der Waals surface area contributed by atoms with Crippen LogP contribution in [-0.4, -0.2) is 142 Å². The van der Waals surface area contributed by atoms with E-state index in [2.05, 4.69) is 36.9 Å². The highest BCUT2D eigenvalue weighted by molar-refractivity contribution is 8.76. The van der Waals surface area contributed by atoms with Gasteiger partial charge in [-0.25, -0.2) is 0 Å². The molecule has 69 heavy (non-hydrogen) atoms. The van der Waals surface area contributed by atoms with Crippen molar-refractivity contribution in [2.75, 3.05) is 42.6 Å². The maximum absolute atomic E-state index is 14.4. The molecule has 6 amide bonds. The number of fused-ring (bicyclic) bond motifs is 5. The number of carboxylic acid groups (broad SMARTS) is 1. The van der Waals surface area contributed by atoms with Gasteiger partial charge >= 0.3 is 5.97 Å². The van der Waals surface area contributed by atoms with E-state index >= 15 is 0 Å². The van der Waals surface area contributed by atoms with Gasteiger partial charge in [-0.2, -0.15) is 0 Å². The molecule has 2 fully saturated rings. The number of Topliss-reactive ketones (excluding diaryl/α,β-unsaturated/α-hetero) is 4. The number of rotatable bonds is 15. The number of ketones is 4. The molecule has 1 aromatic carbocycles. The van der Waals surface area contributed by atoms with Gasteiger partial charge in [0.25, 0.3) is 0 Å². The molecule has 2 aliphatic heterocycles. The monoisotopic (exact) mass is 1020 g/mol. The van der Waals surface area contributed by atoms with Gasteiger partial charge in [0.15, 0.2) is 29.1 Å². The summed E-state index contributed by atoms with van der Waals surface area (Å²) in [6.45, 7) is 2.76. The first-order valence-corrected chi connectivity index (χ1v) is 26.5. The smallest absolute Gasteiger partial charge is 0.304 e. The van der Waals surface area contributed by atoms with Crippen LogP contribution in [0.15, 0.2) is 35.3 Å². The first-order valence-electron chi connectivity index (χ1n) is 22.8. The lowest BCUT2D eigenvalue weighted by Gasteiger charge is -2.26. The first-order chi connectivity index (χ1) is 32.9. The predicted molar refractivity (Wildman–Crippen MR) is 262 cm³/mol. The van der Waals surface area contributed by atoms with E-state index in [4.69, 9.17) is 11.5 Å². The quantitative estimate of drug-likeness (QED) is 0.0482. The minimum atomic E-state index is -1.47. The molecule has 0 radical (unpaired) electrons. The summed E-state index contributed by atoms with van der Waals surface area (Å²) in [7, 11) is 2.09. The zero-order valence-corrected chi connectivity index (χ0v) is 41.4. The molecule has 21 nitrogen and oxygen atoms in total. The number of aliphatic carboxylic acids is 1. The molecule has 2 aliphatic rings. The van der Waals surface area contributed by atoms with Gasteiger partial charge in [-0.15, -0.1) is 11.8 Å². The molecule has 3 rings (SSSR count). The maximum atomic E-state index is 14.4. The molecule has 2 heterocycles. The summed E-state index contributed by atoms with van der Waals surface area (Å²) < 4.78 is 0. The van der Waals surface area contributed by atoms with Gasteiger partial charge in [0, 0.05) is 67.9 Å². The number of nitrogens with one attached hydrogen (secondary N) is 6. The lowest BCUT2D eigenvalue weighted by molar-refractivity contribution is -0.142. The van der Waals surface area contributed by atoms with Gasteiger partial charge in [-0.1, -0.05) is 58.8 Å². The Labute approximate surface area is 413 Å². The Kier molecular flexibility index (Phi) is 25.9. The van der Waals surface area contributed by atoms with Crippen LogP contribution in [0.5, 0.6) is 0 Å². The second kappa shape index (κ2) is 30.9. The Morgan fingerprint density at radius 1 is 0.754 bits per heavy atom. The average molecular weight is 1020 g/mol. The molecule has 0 aliphatic carbocycles. The van der Waals surface area contributed by atoms with Crippen molar-refractivity contribution in [3.8, 4) is 0 Å². The molecule has 0 aromatic heterocycles. The molecule has 0 unspecified atom stereocenters. The lowest BCUT2D eigenvalue weighted by Crippen LogP contribution is -2.53. The molecule has 0 saturated carbocycles. The molecular weight excluding hydrogens is 955 g/mol. The number of benzene rings is 1. The van der Waals surface area contributed by atoms with E-state index in [0.717, 1.165) is 33.3 Å². The van der Waals surface area contributed by atoms with E-state index in [1.54, 1.807) is 37.3 Å². The van der Waals surface area contributed by atoms with Crippen LogP contribution in [0.4, 0.5) is 0 Å². The van der Waals surface area contributed by atoms with Crippen LogP contribution in [0.2, 0.25) is 0 Å². The standard InChI is InChI=1S/C45H65N9O12S3/c1-3-38(59)48-14-8-7-13-32-44(66)54-35-24-69-68-23-34(37(58)19-29(16-27-10-5-4-6-11-27)42(64)52-33(26(2)55)22-67-25-39(60)51-32)53-43(65)30(20-40(61)62)17-31(56)21-50-41(63)28(18-36(35)57)12-9-15-49-45(46)47/h4-6,10-11,28-30,32-35H,3,7-9,12-25H2,1-2H3,(H,48,59)(H,50,63)(H,51,60)(H,52,64)(H,53,65)(H,54,66)(H,61,62)(H4,46,47,49)/t28-,29-,30+,32+,33+,34+,35+/m1/s1. The van der Waals surface area contributed by atoms with Crippen molar-refractivity contribution in [3.63, 3.8) is 0 Å². The van der Waals surface area contributed by atoms with E-state index < -0.39 is 133 Å². The predicted octanol–water partition coefficient (Wildman–Crippen LogP) is -0.0337. The Morgan fingerprint density at radius 2 is 1.39 bits per heavy atom. The molecule has 24 heteroatoms. The summed E-state index contributed by atoms with van der Waals surface area (Å²) in [6, 6.07) is 3.90. The second-order valence-corrected chi connectivity index (χ2v) is 20.4. The van der Waals surface area contributed by atoms with E-state index in [1.807, 2.05) is 0 Å². The average Bonchev–Trinajstić information content (AvgIpc) is 3.30. The van der Waals surface area contributed by atoms with Crippen molar-refractivity contribution in [2.45, 2.75) is 109 Å². The van der Waals surface area contributed by atoms with Crippen LogP contribution in [-0.2, 0) is 59.2 Å². The van der Waals surface area contributed by atoms with Crippen molar-refractivity contribution in [1.29, 1.82) is 0 Å². The van der Waals surface area contributed by atoms with Gasteiger partial charge in [-0.3, -0.25) is 57.7 Å². The zero-order chi connectivity index (χ0) is 50.9. The van der Waals surface area contributed by atoms with Crippen molar-refractivity contribution in [1.82, 2.24) is 31.9 Å². The number of carboxylic acids is 1. The zero-order valence-electron chi connectivity index (χ0n) is 38.9. The van der Waals surface area contributed by atoms with E-state index in [-0.39, 0.29) is 73.5 Å². The van der Waals surface area contributed by atoms with Gasteiger partial charge in [0.2, 0.25) is 35.4 Å². The van der Waals surface area contributed by atoms with Crippen molar-refractivity contribution in [2.24, 2.45) is 34.2 Å². The second-order valence-electron chi connectivity index (χ2n) is 16.8. The van der Waals surface area contributed by atoms with Crippen LogP contribution in [0, 0.1) is 17.8 Å². The van der Waals surface area contributed by atoms with Gasteiger partial charge < -0.3 is 48.5 Å². The minimum Gasteiger partial charge on any atom is -0.481 e. The highest BCUT2D eigenvalue weighted by atomic mass is 33.1. The first kappa shape index (κ1) is 57.8. The van der Waals surface area contributed by atoms with E-state index in [0.29, 0.717) is 24.9 Å². The number of hydrogen-bond acceptors (Lipinski definition) is 15. The number of aliphatic imine (C=N–C) groups is 1. The van der Waals surface area contributed by atoms with Crippen molar-refractivity contribution in [3.05, 3.63) is 35.9 Å². The summed E-state index contributed by atoms with van der Waals surface area (Å²) in [6.07, 6.45) is -0.740. The number of amides is 6. The maximum Gasteiger partial charge on any atom is 0.304 e. The Morgan fingerprint density at radius 3 is 2.01 bits per heavy atom. The molecule has 0 spiro atoms. The number of carbonyl (C=O) groups is 11. The summed E-state index contributed by atoms with van der Waals surface area (Å²) in [4.78, 5) is 152. The van der Waals surface area contributed by atoms with Crippen LogP contribution in [0.1, 0.15) is 83.6 Å². The number of thioether (sulfide) groups is 1. The summed E-state index contributed by atoms with van der Waals surface area (Å²) in [5.41, 5.74) is 11.6. The Bertz CT molecular complexity index is 2020. The molecule has 2 saturated heterocycles. The normalized spacial score (nSPS) is 24.5. The summed E-state index contributed by atoms with van der Waals surface area (Å²) in [5.74, 6) is -11.9. The lowest BCUT2D eigenvalue weighted by atomic mass is 9.90. The third kappa shape index (κ3) is 22.2. The van der Waals surface area contributed by atoms with Crippen LogP contribution in [0.25, 0.3) is 0 Å². The number of unbranched alkanes of at least 4 members (excludes halogenated alkanes) is 1. The largest absolute Gasteiger partial charge is 0.481 e. The summed E-state index contributed by atoms with van der Waals surface area (Å²) >= 11 is 1.02. The van der Waals surface area contributed by atoms with E-state index in [9.17, 15) is 57.8 Å². The van der Waals surface area contributed by atoms with Crippen LogP contribution < -0.4 is 43.4 Å². The topological polar surface area (TPSA) is 345 Å². The van der Waals surface area contributed by atoms with Gasteiger partial charge in [-0.05, 0) is 51.0 Å². The molecule has 1 aromatic rings.